The summed E-state index contributed by atoms with van der Waals surface area (Å²) in [4.78, 5) is 50.4. The number of anilines is 2. The Bertz CT molecular complexity index is 2010. The maximum atomic E-state index is 13.9. The third-order valence-electron chi connectivity index (χ3n) is 11.0. The molecule has 0 aliphatic carbocycles. The van der Waals surface area contributed by atoms with E-state index in [4.69, 9.17) is 10.4 Å². The van der Waals surface area contributed by atoms with E-state index in [1.54, 1.807) is 17.0 Å². The highest BCUT2D eigenvalue weighted by molar-refractivity contribution is 6.05. The van der Waals surface area contributed by atoms with E-state index in [9.17, 15) is 18.8 Å². The Labute approximate surface area is 313 Å². The van der Waals surface area contributed by atoms with Crippen molar-refractivity contribution < 1.29 is 18.8 Å². The van der Waals surface area contributed by atoms with Gasteiger partial charge in [-0.05, 0) is 78.9 Å². The van der Waals surface area contributed by atoms with Gasteiger partial charge in [0.05, 0.1) is 17.4 Å². The van der Waals surface area contributed by atoms with E-state index in [2.05, 4.69) is 31.1 Å². The Morgan fingerprint density at radius 3 is 2.67 bits per heavy atom. The zero-order valence-corrected chi connectivity index (χ0v) is 30.1. The number of carbonyl (C=O) groups excluding carboxylic acids is 3. The number of carbonyl (C=O) groups is 3. The number of imide groups is 1. The Morgan fingerprint density at radius 1 is 0.981 bits per heavy atom. The van der Waals surface area contributed by atoms with Crippen LogP contribution in [0.1, 0.15) is 58.9 Å². The fraction of sp³-hybridized carbons (Fsp3) is 0.375. The summed E-state index contributed by atoms with van der Waals surface area (Å²) in [7, 11) is 0. The van der Waals surface area contributed by atoms with Gasteiger partial charge < -0.3 is 30.7 Å². The van der Waals surface area contributed by atoms with Gasteiger partial charge in [0.15, 0.2) is 0 Å². The van der Waals surface area contributed by atoms with Gasteiger partial charge >= 0.3 is 0 Å². The molecule has 3 amide bonds. The molecule has 1 aromatic heterocycles. The van der Waals surface area contributed by atoms with Crippen LogP contribution in [0, 0.1) is 11.2 Å². The van der Waals surface area contributed by atoms with E-state index in [0.29, 0.717) is 24.4 Å². The summed E-state index contributed by atoms with van der Waals surface area (Å²) in [5.41, 5.74) is 5.01. The highest BCUT2D eigenvalue weighted by atomic mass is 19.1. The zero-order valence-electron chi connectivity index (χ0n) is 30.1. The molecule has 54 heavy (non-hydrogen) atoms. The van der Waals surface area contributed by atoms with E-state index in [1.807, 2.05) is 65.7 Å². The first-order valence-electron chi connectivity index (χ1n) is 18.8. The zero-order chi connectivity index (χ0) is 37.2. The standard InChI is InChI=1S/C40H45FN10O3/c41-28-5-1-4-26(22-28)33-7-3-16-50(33)35(42)12-13-36-44-24-32(45-36)31-6-2-8-37(46-31)49-20-18-48(19-21-49)17-15-43-29-10-9-27-25-51(40(54)30(27)23-29)34-11-14-38(52)47-39(34)53/h1-2,4-6,8-10,12-13,22-24,33-34,36,42-45H,3,7,11,14-21,25H2,(H,47,52,53)/b13-12-,42-35?/t33-,34?,36?/m1/s1. The summed E-state index contributed by atoms with van der Waals surface area (Å²) < 4.78 is 13.9. The molecule has 3 atom stereocenters. The number of aromatic nitrogens is 1. The average Bonchev–Trinajstić information content (AvgIpc) is 3.94. The minimum absolute atomic E-state index is 0.00740. The highest BCUT2D eigenvalue weighted by Gasteiger charge is 2.39. The molecule has 13 nitrogen and oxygen atoms in total. The summed E-state index contributed by atoms with van der Waals surface area (Å²) in [6.45, 7) is 6.23. The van der Waals surface area contributed by atoms with Gasteiger partial charge in [0.2, 0.25) is 11.8 Å². The van der Waals surface area contributed by atoms with Gasteiger partial charge in [-0.15, -0.1) is 0 Å². The molecule has 0 spiro atoms. The maximum Gasteiger partial charge on any atom is 0.255 e. The summed E-state index contributed by atoms with van der Waals surface area (Å²) in [6, 6.07) is 17.9. The fourth-order valence-electron chi connectivity index (χ4n) is 8.05. The van der Waals surface area contributed by atoms with Crippen molar-refractivity contribution in [3.8, 4) is 0 Å². The van der Waals surface area contributed by atoms with Crippen LogP contribution < -0.4 is 26.2 Å². The SMILES string of the molecule is N=C(/C=C\C1NC=C(c2cccc(N3CCN(CCNc4ccc5c(c4)C(=O)N(C4CCC(=O)NC4=O)C5)CC3)n2)N1)N1CCC[C@@H]1c1cccc(F)c1. The second kappa shape index (κ2) is 15.3. The molecule has 6 heterocycles. The molecule has 3 aromatic rings. The molecule has 0 saturated carbocycles. The first-order chi connectivity index (χ1) is 26.3. The molecule has 280 valence electrons. The minimum Gasteiger partial charge on any atom is -0.384 e. The van der Waals surface area contributed by atoms with Crippen molar-refractivity contribution in [2.45, 2.75) is 50.5 Å². The third kappa shape index (κ3) is 7.51. The van der Waals surface area contributed by atoms with Crippen LogP contribution in [0.4, 0.5) is 15.9 Å². The molecule has 14 heteroatoms. The number of likely N-dealkylation sites (tertiary alicyclic amines) is 1. The number of amides is 3. The van der Waals surface area contributed by atoms with Gasteiger partial charge in [-0.2, -0.15) is 0 Å². The van der Waals surface area contributed by atoms with Crippen LogP contribution in [0.2, 0.25) is 0 Å². The van der Waals surface area contributed by atoms with Crippen LogP contribution in [-0.4, -0.2) is 101 Å². The van der Waals surface area contributed by atoms with Crippen LogP contribution in [-0.2, 0) is 16.1 Å². The molecule has 3 saturated heterocycles. The highest BCUT2D eigenvalue weighted by Crippen LogP contribution is 2.33. The van der Waals surface area contributed by atoms with Gasteiger partial charge in [-0.3, -0.25) is 30.0 Å². The predicted octanol–water partition coefficient (Wildman–Crippen LogP) is 3.40. The second-order valence-electron chi connectivity index (χ2n) is 14.4. The molecule has 8 rings (SSSR count). The fourth-order valence-corrected chi connectivity index (χ4v) is 8.05. The lowest BCUT2D eigenvalue weighted by Gasteiger charge is -2.35. The van der Waals surface area contributed by atoms with E-state index in [0.717, 1.165) is 92.7 Å². The van der Waals surface area contributed by atoms with E-state index in [-0.39, 0.29) is 36.3 Å². The van der Waals surface area contributed by atoms with Gasteiger partial charge in [0, 0.05) is 76.2 Å². The number of fused-ring (bicyclic) bond motifs is 1. The number of piperidine rings is 1. The lowest BCUT2D eigenvalue weighted by atomic mass is 10.0. The number of nitrogens with one attached hydrogen (secondary N) is 5. The normalized spacial score (nSPS) is 23.0. The molecule has 5 aliphatic heterocycles. The first kappa shape index (κ1) is 35.3. The Hall–Kier alpha value is -5.76. The summed E-state index contributed by atoms with van der Waals surface area (Å²) >= 11 is 0. The van der Waals surface area contributed by atoms with Crippen molar-refractivity contribution in [1.29, 1.82) is 5.41 Å². The van der Waals surface area contributed by atoms with Crippen molar-refractivity contribution in [3.05, 3.63) is 107 Å². The Balaban J connectivity index is 0.785. The number of piperazine rings is 1. The van der Waals surface area contributed by atoms with Gasteiger partial charge in [0.25, 0.3) is 5.91 Å². The van der Waals surface area contributed by atoms with Crippen LogP contribution in [0.25, 0.3) is 5.70 Å². The van der Waals surface area contributed by atoms with Crippen LogP contribution >= 0.6 is 0 Å². The number of hydrogen-bond acceptors (Lipinski definition) is 10. The van der Waals surface area contributed by atoms with Crippen molar-refractivity contribution >= 4 is 40.8 Å². The van der Waals surface area contributed by atoms with Crippen molar-refractivity contribution in [2.75, 3.05) is 56.0 Å². The number of nitrogens with zero attached hydrogens (tertiary/aromatic N) is 5. The summed E-state index contributed by atoms with van der Waals surface area (Å²) in [5, 5.41) is 21.3. The lowest BCUT2D eigenvalue weighted by molar-refractivity contribution is -0.136. The summed E-state index contributed by atoms with van der Waals surface area (Å²) in [6.07, 6.45) is 7.95. The Kier molecular flexibility index (Phi) is 10.00. The van der Waals surface area contributed by atoms with E-state index in [1.165, 1.54) is 6.07 Å². The van der Waals surface area contributed by atoms with Gasteiger partial charge in [-0.1, -0.05) is 24.3 Å². The second-order valence-corrected chi connectivity index (χ2v) is 14.4. The topological polar surface area (TPSA) is 149 Å². The van der Waals surface area contributed by atoms with Crippen molar-refractivity contribution in [2.24, 2.45) is 0 Å². The largest absolute Gasteiger partial charge is 0.384 e. The number of hydrogen-bond donors (Lipinski definition) is 5. The molecule has 3 fully saturated rings. The average molecular weight is 733 g/mol. The van der Waals surface area contributed by atoms with E-state index < -0.39 is 11.9 Å². The Morgan fingerprint density at radius 2 is 1.83 bits per heavy atom. The first-order valence-corrected chi connectivity index (χ1v) is 18.8. The molecular weight excluding hydrogens is 688 g/mol. The maximum absolute atomic E-state index is 13.9. The number of halogens is 1. The molecule has 2 aromatic carbocycles. The minimum atomic E-state index is -0.615. The quantitative estimate of drug-likeness (QED) is 0.119. The molecule has 5 N–H and O–H groups in total. The van der Waals surface area contributed by atoms with Crippen LogP contribution in [0.15, 0.2) is 79.0 Å². The lowest BCUT2D eigenvalue weighted by Crippen LogP contribution is -2.52. The number of benzene rings is 2. The van der Waals surface area contributed by atoms with Crippen LogP contribution in [0.5, 0.6) is 0 Å². The molecular formula is C40H45FN10O3. The predicted molar refractivity (Wildman–Crippen MR) is 204 cm³/mol. The third-order valence-corrected chi connectivity index (χ3v) is 11.0. The smallest absolute Gasteiger partial charge is 0.255 e. The van der Waals surface area contributed by atoms with Gasteiger partial charge in [0.1, 0.15) is 29.7 Å². The molecule has 0 radical (unpaired) electrons. The molecule has 0 bridgehead atoms. The summed E-state index contributed by atoms with van der Waals surface area (Å²) in [5.74, 6) is 0.234. The monoisotopic (exact) mass is 732 g/mol. The van der Waals surface area contributed by atoms with E-state index >= 15 is 0 Å². The van der Waals surface area contributed by atoms with Crippen molar-refractivity contribution in [3.63, 3.8) is 0 Å². The van der Waals surface area contributed by atoms with Crippen LogP contribution in [0.3, 0.4) is 0 Å². The van der Waals surface area contributed by atoms with Gasteiger partial charge in [-0.25, -0.2) is 9.37 Å². The molecule has 5 aliphatic rings. The molecule has 2 unspecified atom stereocenters. The number of rotatable bonds is 10. The number of amidine groups is 1. The number of pyridine rings is 1. The van der Waals surface area contributed by atoms with Crippen molar-refractivity contribution in [1.82, 2.24) is 35.6 Å².